The Hall–Kier alpha value is -8.46. The molecule has 0 amide bonds. The molecule has 0 spiro atoms. The number of rotatable bonds is 4. The first-order valence-electron chi connectivity index (χ1n) is 22.0. The van der Waals surface area contributed by atoms with E-state index in [1.54, 1.807) is 0 Å². The largest absolute Gasteiger partial charge is 0.456 e. The van der Waals surface area contributed by atoms with Crippen molar-refractivity contribution in [2.75, 3.05) is 0 Å². The summed E-state index contributed by atoms with van der Waals surface area (Å²) in [4.78, 5) is 0. The van der Waals surface area contributed by atoms with Crippen molar-refractivity contribution in [3.8, 4) is 44.5 Å². The van der Waals surface area contributed by atoms with Crippen molar-refractivity contribution >= 4 is 97.7 Å². The number of fused-ring (bicyclic) bond motifs is 12. The smallest absolute Gasteiger partial charge is 0.136 e. The van der Waals surface area contributed by atoms with Gasteiger partial charge in [-0.1, -0.05) is 176 Å². The Morgan fingerprint density at radius 1 is 0.203 bits per heavy atom. The van der Waals surface area contributed by atoms with Crippen molar-refractivity contribution in [1.29, 1.82) is 0 Å². The quantitative estimate of drug-likeness (QED) is 0.166. The van der Waals surface area contributed by atoms with Crippen molar-refractivity contribution in [1.82, 2.24) is 0 Å². The molecule has 0 aliphatic heterocycles. The molecule has 0 unspecified atom stereocenters. The summed E-state index contributed by atoms with van der Waals surface area (Å²) in [6.07, 6.45) is 0. The minimum atomic E-state index is 0.876. The molecule has 0 radical (unpaired) electrons. The van der Waals surface area contributed by atoms with E-state index in [1.165, 1.54) is 92.8 Å². The molecule has 0 aliphatic carbocycles. The maximum atomic E-state index is 6.76. The molecule has 0 saturated carbocycles. The molecule has 296 valence electrons. The van der Waals surface area contributed by atoms with E-state index in [2.05, 4.69) is 218 Å². The van der Waals surface area contributed by atoms with Gasteiger partial charge >= 0.3 is 0 Å². The van der Waals surface area contributed by atoms with Gasteiger partial charge in [0.1, 0.15) is 22.3 Å². The molecule has 0 N–H and O–H groups in total. The third-order valence-electron chi connectivity index (χ3n) is 13.6. The second kappa shape index (κ2) is 13.5. The van der Waals surface area contributed by atoms with Crippen molar-refractivity contribution in [2.24, 2.45) is 0 Å². The summed E-state index contributed by atoms with van der Waals surface area (Å²) in [5.41, 5.74) is 13.2. The normalized spacial score (nSPS) is 12.1. The van der Waals surface area contributed by atoms with Crippen molar-refractivity contribution < 1.29 is 8.83 Å². The monoisotopic (exact) mass is 812 g/mol. The first-order chi connectivity index (χ1) is 31.7. The van der Waals surface area contributed by atoms with E-state index in [1.807, 2.05) is 0 Å². The highest BCUT2D eigenvalue weighted by Crippen LogP contribution is 2.48. The first kappa shape index (κ1) is 35.2. The molecule has 2 nitrogen and oxygen atoms in total. The summed E-state index contributed by atoms with van der Waals surface area (Å²) in [7, 11) is 0. The van der Waals surface area contributed by atoms with Crippen LogP contribution in [0.4, 0.5) is 0 Å². The predicted octanol–water partition coefficient (Wildman–Crippen LogP) is 17.9. The molecular formula is C62H36O2. The molecule has 0 saturated heterocycles. The molecule has 0 fully saturated rings. The summed E-state index contributed by atoms with van der Waals surface area (Å²) < 4.78 is 13.2. The zero-order chi connectivity index (χ0) is 41.9. The fourth-order valence-corrected chi connectivity index (χ4v) is 10.9. The molecule has 0 aliphatic rings. The predicted molar refractivity (Wildman–Crippen MR) is 270 cm³/mol. The van der Waals surface area contributed by atoms with Gasteiger partial charge in [-0.05, 0) is 141 Å². The van der Waals surface area contributed by atoms with Crippen LogP contribution in [0, 0.1) is 0 Å². The lowest BCUT2D eigenvalue weighted by molar-refractivity contribution is 0.669. The lowest BCUT2D eigenvalue weighted by Gasteiger charge is -2.18. The lowest BCUT2D eigenvalue weighted by atomic mass is 9.85. The van der Waals surface area contributed by atoms with Gasteiger partial charge in [0.15, 0.2) is 0 Å². The van der Waals surface area contributed by atoms with Gasteiger partial charge in [-0.25, -0.2) is 0 Å². The van der Waals surface area contributed by atoms with Gasteiger partial charge in [0.05, 0.1) is 0 Å². The zero-order valence-corrected chi connectivity index (χ0v) is 34.6. The van der Waals surface area contributed by atoms with E-state index in [0.29, 0.717) is 0 Å². The second-order valence-electron chi connectivity index (χ2n) is 17.0. The molecule has 2 heterocycles. The summed E-state index contributed by atoms with van der Waals surface area (Å²) >= 11 is 0. The minimum absolute atomic E-state index is 0.876. The van der Waals surface area contributed by atoms with Crippen molar-refractivity contribution in [2.45, 2.75) is 0 Å². The van der Waals surface area contributed by atoms with E-state index in [0.717, 1.165) is 49.4 Å². The SMILES string of the molecule is c1ccc(-c2c3ccccc3c(-c3ccc4oc5cc(-c6c7ccccc7c(-c7ccc8oc9ccc%10ccccc%10c9c8c7)c7ccccc67)ccc5c4c3)c3ccccc23)cc1. The van der Waals surface area contributed by atoms with E-state index < -0.39 is 0 Å². The molecule has 12 aromatic carbocycles. The van der Waals surface area contributed by atoms with Crippen LogP contribution < -0.4 is 0 Å². The second-order valence-corrected chi connectivity index (χ2v) is 17.0. The highest BCUT2D eigenvalue weighted by Gasteiger charge is 2.21. The number of furan rings is 2. The van der Waals surface area contributed by atoms with Gasteiger partial charge in [-0.3, -0.25) is 0 Å². The highest BCUT2D eigenvalue weighted by molar-refractivity contribution is 6.25. The molecule has 2 heteroatoms. The van der Waals surface area contributed by atoms with Gasteiger partial charge in [0.2, 0.25) is 0 Å². The van der Waals surface area contributed by atoms with E-state index in [4.69, 9.17) is 8.83 Å². The topological polar surface area (TPSA) is 26.3 Å². The van der Waals surface area contributed by atoms with E-state index >= 15 is 0 Å². The van der Waals surface area contributed by atoms with Crippen LogP contribution in [0.1, 0.15) is 0 Å². The Kier molecular flexibility index (Phi) is 7.43. The minimum Gasteiger partial charge on any atom is -0.456 e. The Morgan fingerprint density at radius 2 is 0.594 bits per heavy atom. The number of hydrogen-bond donors (Lipinski definition) is 0. The molecule has 0 atom stereocenters. The van der Waals surface area contributed by atoms with Crippen LogP contribution in [-0.2, 0) is 0 Å². The maximum absolute atomic E-state index is 6.76. The van der Waals surface area contributed by atoms with Gasteiger partial charge < -0.3 is 8.83 Å². The molecule has 64 heavy (non-hydrogen) atoms. The van der Waals surface area contributed by atoms with Crippen LogP contribution in [0.25, 0.3) is 142 Å². The summed E-state index contributed by atoms with van der Waals surface area (Å²) in [6, 6.07) is 79.2. The van der Waals surface area contributed by atoms with Crippen LogP contribution in [0.2, 0.25) is 0 Å². The Bertz CT molecular complexity index is 4130. The average molecular weight is 813 g/mol. The average Bonchev–Trinajstić information content (AvgIpc) is 3.92. The Balaban J connectivity index is 0.951. The Morgan fingerprint density at radius 3 is 1.14 bits per heavy atom. The fourth-order valence-electron chi connectivity index (χ4n) is 10.9. The van der Waals surface area contributed by atoms with Crippen molar-refractivity contribution in [3.63, 3.8) is 0 Å². The third-order valence-corrected chi connectivity index (χ3v) is 13.6. The van der Waals surface area contributed by atoms with Gasteiger partial charge in [-0.2, -0.15) is 0 Å². The summed E-state index contributed by atoms with van der Waals surface area (Å²) in [5.74, 6) is 0. The number of benzene rings is 12. The summed E-state index contributed by atoms with van der Waals surface area (Å²) in [6.45, 7) is 0. The van der Waals surface area contributed by atoms with Gasteiger partial charge in [0, 0.05) is 21.5 Å². The van der Waals surface area contributed by atoms with Crippen LogP contribution in [0.15, 0.2) is 227 Å². The zero-order valence-electron chi connectivity index (χ0n) is 34.6. The Labute approximate surface area is 367 Å². The molecule has 0 bridgehead atoms. The number of hydrogen-bond acceptors (Lipinski definition) is 2. The van der Waals surface area contributed by atoms with Crippen LogP contribution >= 0.6 is 0 Å². The molecule has 2 aromatic heterocycles. The van der Waals surface area contributed by atoms with Gasteiger partial charge in [0.25, 0.3) is 0 Å². The summed E-state index contributed by atoms with van der Waals surface area (Å²) in [5, 5.41) is 16.7. The molecule has 14 aromatic rings. The molecular weight excluding hydrogens is 777 g/mol. The van der Waals surface area contributed by atoms with Crippen molar-refractivity contribution in [3.05, 3.63) is 218 Å². The third kappa shape index (κ3) is 5.08. The highest BCUT2D eigenvalue weighted by atomic mass is 16.3. The fraction of sp³-hybridized carbons (Fsp3) is 0. The first-order valence-corrected chi connectivity index (χ1v) is 22.0. The van der Waals surface area contributed by atoms with Crippen LogP contribution in [-0.4, -0.2) is 0 Å². The van der Waals surface area contributed by atoms with Gasteiger partial charge in [-0.15, -0.1) is 0 Å². The van der Waals surface area contributed by atoms with Crippen LogP contribution in [0.5, 0.6) is 0 Å². The lowest BCUT2D eigenvalue weighted by Crippen LogP contribution is -1.91. The van der Waals surface area contributed by atoms with Crippen LogP contribution in [0.3, 0.4) is 0 Å². The van der Waals surface area contributed by atoms with E-state index in [-0.39, 0.29) is 0 Å². The molecule has 14 rings (SSSR count). The van der Waals surface area contributed by atoms with E-state index in [9.17, 15) is 0 Å². The standard InChI is InChI=1S/C62H36O2/c1-2-15-38(16-3-1)58-44-18-6-8-20-46(44)59(47-21-9-7-19-45(47)58)39-28-31-54-52(34-39)43-30-26-41(36-57(43)64-54)61-50-24-12-10-22-48(50)60(49-23-11-13-25-51(49)61)40-29-32-55-53(35-40)62-42-17-5-4-14-37(42)27-33-56(62)63-55/h1-36H. The maximum Gasteiger partial charge on any atom is 0.136 e.